The third-order valence-electron chi connectivity index (χ3n) is 4.78. The van der Waals surface area contributed by atoms with Gasteiger partial charge in [0.1, 0.15) is 0 Å². The van der Waals surface area contributed by atoms with Gasteiger partial charge in [-0.15, -0.1) is 13.2 Å². The molecule has 0 saturated carbocycles. The minimum atomic E-state index is -1.08. The quantitative estimate of drug-likeness (QED) is 0.118. The highest BCUT2D eigenvalue weighted by atomic mass is 28.3. The molecule has 0 unspecified atom stereocenters. The molecular formula is C22H45NSi2. The van der Waals surface area contributed by atoms with Gasteiger partial charge in [0.05, 0.1) is 16.1 Å². The van der Waals surface area contributed by atoms with Crippen molar-refractivity contribution in [3.63, 3.8) is 0 Å². The molecule has 0 aliphatic rings. The van der Waals surface area contributed by atoms with Crippen molar-refractivity contribution in [3.05, 3.63) is 24.3 Å². The van der Waals surface area contributed by atoms with Crippen molar-refractivity contribution in [1.82, 2.24) is 0 Å². The highest BCUT2D eigenvalue weighted by Gasteiger charge is 2.20. The molecule has 1 nitrogen and oxygen atoms in total. The molecule has 0 N–H and O–H groups in total. The molecule has 0 aromatic heterocycles. The van der Waals surface area contributed by atoms with Crippen LogP contribution in [0.25, 0.3) is 0 Å². The van der Waals surface area contributed by atoms with Crippen molar-refractivity contribution in [1.29, 1.82) is 0 Å². The van der Waals surface area contributed by atoms with Gasteiger partial charge in [0, 0.05) is 6.54 Å². The Morgan fingerprint density at radius 3 is 1.80 bits per heavy atom. The Balaban J connectivity index is 3.58. The van der Waals surface area contributed by atoms with Crippen molar-refractivity contribution < 1.29 is 0 Å². The molecule has 0 aliphatic heterocycles. The molecule has 0 atom stereocenters. The first kappa shape index (κ1) is 24.6. The Labute approximate surface area is 161 Å². The molecule has 0 rings (SSSR count). The van der Waals surface area contributed by atoms with Gasteiger partial charge in [0.25, 0.3) is 0 Å². The van der Waals surface area contributed by atoms with Gasteiger partial charge in [-0.25, -0.2) is 0 Å². The average molecular weight is 380 g/mol. The van der Waals surface area contributed by atoms with E-state index >= 15 is 0 Å². The molecule has 3 heteroatoms. The number of nitrogens with zero attached hydrogens (tertiary/aromatic N) is 1. The Morgan fingerprint density at radius 2 is 1.24 bits per heavy atom. The van der Waals surface area contributed by atoms with Crippen molar-refractivity contribution in [2.75, 3.05) is 6.54 Å². The van der Waals surface area contributed by atoms with Crippen molar-refractivity contribution >= 4 is 22.4 Å². The standard InChI is InChI=1S/C22H45NSi2/c1-21(2)19-24(5,6)17-13-11-9-10-12-15-23-16-14-18-25(7,8)20-22(3)4/h16H,1,3,9-15,17-20H2,2,4-8H3. The number of rotatable bonds is 15. The normalized spacial score (nSPS) is 12.7. The SMILES string of the molecule is C=C(C)C[Si](C)(C)CCC=NCCCCCCC[Si](C)(C)CC(=C)C. The van der Waals surface area contributed by atoms with Crippen LogP contribution < -0.4 is 0 Å². The number of allylic oxidation sites excluding steroid dienone is 2. The molecule has 0 amide bonds. The van der Waals surface area contributed by atoms with Crippen molar-refractivity contribution in [2.45, 2.75) is 103 Å². The van der Waals surface area contributed by atoms with Crippen molar-refractivity contribution in [3.8, 4) is 0 Å². The molecule has 146 valence electrons. The number of hydrogen-bond donors (Lipinski definition) is 0. The summed E-state index contributed by atoms with van der Waals surface area (Å²) in [7, 11) is -2.08. The molecule has 0 aromatic rings. The zero-order valence-corrected chi connectivity index (χ0v) is 20.2. The van der Waals surface area contributed by atoms with E-state index in [1.54, 1.807) is 0 Å². The summed E-state index contributed by atoms with van der Waals surface area (Å²) in [6.07, 6.45) is 10.1. The Hall–Kier alpha value is -0.416. The summed E-state index contributed by atoms with van der Waals surface area (Å²) in [5.74, 6) is 0. The number of aliphatic imine (C=N–C) groups is 1. The lowest BCUT2D eigenvalue weighted by atomic mass is 10.1. The molecule has 0 radical (unpaired) electrons. The second kappa shape index (κ2) is 12.9. The Bertz CT molecular complexity index is 422. The maximum Gasteiger partial charge on any atom is 0.0517 e. The lowest BCUT2D eigenvalue weighted by molar-refractivity contribution is 0.635. The molecule has 0 fully saturated rings. The maximum atomic E-state index is 4.62. The number of unbranched alkanes of at least 4 members (excludes halogenated alkanes) is 4. The van der Waals surface area contributed by atoms with E-state index in [0.717, 1.165) is 13.0 Å². The summed E-state index contributed by atoms with van der Waals surface area (Å²) in [5, 5.41) is 0. The second-order valence-electron chi connectivity index (χ2n) is 9.74. The van der Waals surface area contributed by atoms with Gasteiger partial charge >= 0.3 is 0 Å². The first-order valence-electron chi connectivity index (χ1n) is 10.3. The first-order chi connectivity index (χ1) is 11.5. The summed E-state index contributed by atoms with van der Waals surface area (Å²) < 4.78 is 0. The van der Waals surface area contributed by atoms with Crippen LogP contribution in [0.15, 0.2) is 29.3 Å². The third kappa shape index (κ3) is 16.8. The first-order valence-corrected chi connectivity index (χ1v) is 17.1. The fraction of sp³-hybridized carbons (Fsp3) is 0.773. The van der Waals surface area contributed by atoms with E-state index in [0.29, 0.717) is 0 Å². The molecule has 0 aliphatic carbocycles. The second-order valence-corrected chi connectivity index (χ2v) is 20.1. The fourth-order valence-electron chi connectivity index (χ4n) is 3.79. The van der Waals surface area contributed by atoms with E-state index in [4.69, 9.17) is 0 Å². The average Bonchev–Trinajstić information content (AvgIpc) is 2.41. The molecule has 0 aromatic carbocycles. The Morgan fingerprint density at radius 1 is 0.760 bits per heavy atom. The zero-order valence-electron chi connectivity index (χ0n) is 18.2. The molecule has 0 saturated heterocycles. The largest absolute Gasteiger partial charge is 0.298 e. The monoisotopic (exact) mass is 379 g/mol. The highest BCUT2D eigenvalue weighted by Crippen LogP contribution is 2.23. The van der Waals surface area contributed by atoms with Gasteiger partial charge in [0.2, 0.25) is 0 Å². The van der Waals surface area contributed by atoms with E-state index in [1.165, 1.54) is 67.4 Å². The van der Waals surface area contributed by atoms with Crippen LogP contribution in [0.4, 0.5) is 0 Å². The number of hydrogen-bond acceptors (Lipinski definition) is 1. The van der Waals surface area contributed by atoms with Crippen LogP contribution in [0.5, 0.6) is 0 Å². The van der Waals surface area contributed by atoms with Crippen LogP contribution >= 0.6 is 0 Å². The lowest BCUT2D eigenvalue weighted by Gasteiger charge is -2.22. The van der Waals surface area contributed by atoms with Crippen LogP contribution in [-0.2, 0) is 0 Å². The smallest absolute Gasteiger partial charge is 0.0517 e. The lowest BCUT2D eigenvalue weighted by Crippen LogP contribution is -2.24. The molecule has 0 spiro atoms. The van der Waals surface area contributed by atoms with Crippen molar-refractivity contribution in [2.24, 2.45) is 4.99 Å². The summed E-state index contributed by atoms with van der Waals surface area (Å²) in [6.45, 7) is 23.5. The summed E-state index contributed by atoms with van der Waals surface area (Å²) in [6, 6.07) is 5.36. The van der Waals surface area contributed by atoms with E-state index in [9.17, 15) is 0 Å². The summed E-state index contributed by atoms with van der Waals surface area (Å²) in [5.41, 5.74) is 2.72. The van der Waals surface area contributed by atoms with Gasteiger partial charge in [-0.1, -0.05) is 75.1 Å². The van der Waals surface area contributed by atoms with Gasteiger partial charge in [-0.3, -0.25) is 4.99 Å². The minimum Gasteiger partial charge on any atom is -0.298 e. The van der Waals surface area contributed by atoms with Crippen LogP contribution in [-0.4, -0.2) is 28.9 Å². The summed E-state index contributed by atoms with van der Waals surface area (Å²) in [4.78, 5) is 4.62. The van der Waals surface area contributed by atoms with Gasteiger partial charge in [-0.2, -0.15) is 0 Å². The predicted molar refractivity (Wildman–Crippen MR) is 125 cm³/mol. The minimum absolute atomic E-state index is 1.01. The van der Waals surface area contributed by atoms with Crippen LogP contribution in [0.1, 0.15) is 52.4 Å². The van der Waals surface area contributed by atoms with Gasteiger partial charge < -0.3 is 0 Å². The predicted octanol–water partition coefficient (Wildman–Crippen LogP) is 7.97. The van der Waals surface area contributed by atoms with Gasteiger partial charge in [-0.05, 0) is 45.0 Å². The van der Waals surface area contributed by atoms with E-state index in [1.807, 2.05) is 0 Å². The fourth-order valence-corrected chi connectivity index (χ4v) is 9.52. The van der Waals surface area contributed by atoms with Crippen LogP contribution in [0.2, 0.25) is 50.4 Å². The van der Waals surface area contributed by atoms with Crippen LogP contribution in [0.3, 0.4) is 0 Å². The summed E-state index contributed by atoms with van der Waals surface area (Å²) >= 11 is 0. The molecule has 0 heterocycles. The maximum absolute atomic E-state index is 4.62. The van der Waals surface area contributed by atoms with Gasteiger partial charge in [0.15, 0.2) is 0 Å². The Kier molecular flexibility index (Phi) is 12.6. The zero-order chi connectivity index (χ0) is 19.3. The van der Waals surface area contributed by atoms with E-state index < -0.39 is 16.1 Å². The molecule has 25 heavy (non-hydrogen) atoms. The molecule has 0 bridgehead atoms. The van der Waals surface area contributed by atoms with E-state index in [-0.39, 0.29) is 0 Å². The third-order valence-corrected chi connectivity index (χ3v) is 11.3. The topological polar surface area (TPSA) is 12.4 Å². The van der Waals surface area contributed by atoms with Crippen LogP contribution in [0, 0.1) is 0 Å². The van der Waals surface area contributed by atoms with E-state index in [2.05, 4.69) is 64.4 Å². The molecular weight excluding hydrogens is 334 g/mol. The highest BCUT2D eigenvalue weighted by molar-refractivity contribution is 6.78.